The summed E-state index contributed by atoms with van der Waals surface area (Å²) in [6.07, 6.45) is -0.754. The van der Waals surface area contributed by atoms with Gasteiger partial charge >= 0.3 is 11.9 Å². The molecule has 0 aliphatic rings. The number of benzene rings is 1. The minimum atomic E-state index is -1.56. The van der Waals surface area contributed by atoms with E-state index in [2.05, 4.69) is 0 Å². The van der Waals surface area contributed by atoms with Crippen molar-refractivity contribution >= 4 is 17.8 Å². The summed E-state index contributed by atoms with van der Waals surface area (Å²) in [5, 5.41) is 19.2. The number of halogens is 1. The third-order valence-corrected chi connectivity index (χ3v) is 2.07. The van der Waals surface area contributed by atoms with Gasteiger partial charge in [-0.05, 0) is 18.2 Å². The zero-order valence-electron chi connectivity index (χ0n) is 9.09. The first-order chi connectivity index (χ1) is 8.40. The second-order valence-corrected chi connectivity index (χ2v) is 3.47. The molecule has 0 aliphatic carbocycles. The van der Waals surface area contributed by atoms with Crippen LogP contribution in [0.5, 0.6) is 0 Å². The average molecular weight is 255 g/mol. The van der Waals surface area contributed by atoms with Gasteiger partial charge in [-0.1, -0.05) is 6.07 Å². The van der Waals surface area contributed by atoms with Crippen molar-refractivity contribution in [2.24, 2.45) is 0 Å². The molecule has 0 bridgehead atoms. The van der Waals surface area contributed by atoms with Gasteiger partial charge in [-0.2, -0.15) is 0 Å². The minimum Gasteiger partial charge on any atom is -0.481 e. The van der Waals surface area contributed by atoms with Crippen molar-refractivity contribution in [1.82, 2.24) is 5.32 Å². The molecule has 1 aromatic carbocycles. The molecule has 1 unspecified atom stereocenters. The van der Waals surface area contributed by atoms with Crippen LogP contribution in [-0.2, 0) is 9.59 Å². The molecule has 0 saturated carbocycles. The zero-order chi connectivity index (χ0) is 13.7. The Kier molecular flexibility index (Phi) is 4.36. The van der Waals surface area contributed by atoms with E-state index in [1.807, 2.05) is 5.32 Å². The summed E-state index contributed by atoms with van der Waals surface area (Å²) >= 11 is 0. The molecule has 0 spiro atoms. The number of carboxylic acid groups (broad SMARTS) is 2. The van der Waals surface area contributed by atoms with Crippen LogP contribution < -0.4 is 5.32 Å². The lowest BCUT2D eigenvalue weighted by Crippen LogP contribution is -2.42. The van der Waals surface area contributed by atoms with Gasteiger partial charge in [0.1, 0.15) is 11.9 Å². The highest BCUT2D eigenvalue weighted by Crippen LogP contribution is 2.04. The topological polar surface area (TPSA) is 104 Å². The van der Waals surface area contributed by atoms with Crippen molar-refractivity contribution in [1.29, 1.82) is 0 Å². The maximum atomic E-state index is 12.8. The van der Waals surface area contributed by atoms with Gasteiger partial charge in [0.25, 0.3) is 5.91 Å². The van der Waals surface area contributed by atoms with Crippen LogP contribution in [-0.4, -0.2) is 34.1 Å². The van der Waals surface area contributed by atoms with Crippen LogP contribution in [0.4, 0.5) is 4.39 Å². The van der Waals surface area contributed by atoms with Gasteiger partial charge in [0.05, 0.1) is 6.42 Å². The first kappa shape index (κ1) is 13.6. The first-order valence-electron chi connectivity index (χ1n) is 4.91. The Morgan fingerprint density at radius 3 is 2.44 bits per heavy atom. The van der Waals surface area contributed by atoms with E-state index in [9.17, 15) is 18.8 Å². The molecule has 7 heteroatoms. The normalized spacial score (nSPS) is 11.6. The summed E-state index contributed by atoms with van der Waals surface area (Å²) in [4.78, 5) is 32.7. The Labute approximate surface area is 101 Å². The van der Waals surface area contributed by atoms with E-state index in [1.165, 1.54) is 12.1 Å². The minimum absolute atomic E-state index is 0.0772. The lowest BCUT2D eigenvalue weighted by molar-refractivity contribution is -0.145. The monoisotopic (exact) mass is 255 g/mol. The van der Waals surface area contributed by atoms with Crippen molar-refractivity contribution in [3.63, 3.8) is 0 Å². The van der Waals surface area contributed by atoms with Gasteiger partial charge in [0.2, 0.25) is 0 Å². The smallest absolute Gasteiger partial charge is 0.326 e. The number of carbonyl (C=O) groups is 3. The van der Waals surface area contributed by atoms with E-state index in [0.717, 1.165) is 12.1 Å². The fourth-order valence-electron chi connectivity index (χ4n) is 1.25. The van der Waals surface area contributed by atoms with Gasteiger partial charge < -0.3 is 15.5 Å². The Balaban J connectivity index is 2.78. The molecular formula is C11H10FNO5. The van der Waals surface area contributed by atoms with E-state index < -0.39 is 36.1 Å². The van der Waals surface area contributed by atoms with E-state index in [0.29, 0.717) is 0 Å². The molecule has 1 aromatic rings. The maximum Gasteiger partial charge on any atom is 0.326 e. The summed E-state index contributed by atoms with van der Waals surface area (Å²) in [6.45, 7) is 0. The van der Waals surface area contributed by atoms with Crippen LogP contribution in [0.2, 0.25) is 0 Å². The second kappa shape index (κ2) is 5.76. The van der Waals surface area contributed by atoms with Gasteiger partial charge in [-0.3, -0.25) is 9.59 Å². The zero-order valence-corrected chi connectivity index (χ0v) is 9.09. The summed E-state index contributed by atoms with van der Waals surface area (Å²) < 4.78 is 12.8. The van der Waals surface area contributed by atoms with Crippen molar-refractivity contribution < 1.29 is 29.0 Å². The third-order valence-electron chi connectivity index (χ3n) is 2.07. The molecule has 6 nitrogen and oxygen atoms in total. The molecule has 3 N–H and O–H groups in total. The van der Waals surface area contributed by atoms with Crippen molar-refractivity contribution in [2.45, 2.75) is 12.5 Å². The van der Waals surface area contributed by atoms with Gasteiger partial charge in [0.15, 0.2) is 0 Å². The summed E-state index contributed by atoms with van der Waals surface area (Å²) in [5.41, 5.74) is -0.0772. The van der Waals surface area contributed by atoms with Crippen LogP contribution in [0, 0.1) is 5.82 Å². The maximum absolute atomic E-state index is 12.8. The number of amides is 1. The fourth-order valence-corrected chi connectivity index (χ4v) is 1.25. The highest BCUT2D eigenvalue weighted by Gasteiger charge is 2.23. The summed E-state index contributed by atoms with van der Waals surface area (Å²) in [6, 6.07) is 3.07. The van der Waals surface area contributed by atoms with Crippen LogP contribution >= 0.6 is 0 Å². The summed E-state index contributed by atoms with van der Waals surface area (Å²) in [7, 11) is 0. The molecule has 0 saturated heterocycles. The second-order valence-electron chi connectivity index (χ2n) is 3.47. The molecule has 1 amide bonds. The van der Waals surface area contributed by atoms with Crippen LogP contribution in [0.3, 0.4) is 0 Å². The Bertz CT molecular complexity index is 488. The van der Waals surface area contributed by atoms with Crippen molar-refractivity contribution in [2.75, 3.05) is 0 Å². The largest absolute Gasteiger partial charge is 0.481 e. The van der Waals surface area contributed by atoms with Crippen LogP contribution in [0.15, 0.2) is 24.3 Å². The lowest BCUT2D eigenvalue weighted by atomic mass is 10.1. The predicted molar refractivity (Wildman–Crippen MR) is 57.5 cm³/mol. The Morgan fingerprint density at radius 2 is 1.94 bits per heavy atom. The molecule has 0 heterocycles. The van der Waals surface area contributed by atoms with E-state index in [4.69, 9.17) is 10.2 Å². The summed E-state index contributed by atoms with van der Waals surface area (Å²) in [5.74, 6) is -4.32. The molecule has 1 atom stereocenters. The fraction of sp³-hybridized carbons (Fsp3) is 0.182. The standard InChI is InChI=1S/C11H10FNO5/c12-7-3-1-2-6(4-7)10(16)13-8(11(17)18)5-9(14)15/h1-4,8H,5H2,(H,13,16)(H,14,15)(H,17,18). The van der Waals surface area contributed by atoms with Gasteiger partial charge in [-0.25, -0.2) is 9.18 Å². The molecule has 0 aliphatic heterocycles. The van der Waals surface area contributed by atoms with E-state index in [-0.39, 0.29) is 5.56 Å². The lowest BCUT2D eigenvalue weighted by Gasteiger charge is -2.12. The van der Waals surface area contributed by atoms with Crippen molar-refractivity contribution in [3.05, 3.63) is 35.6 Å². The molecule has 0 radical (unpaired) electrons. The third kappa shape index (κ3) is 3.85. The molecule has 0 fully saturated rings. The number of hydrogen-bond donors (Lipinski definition) is 3. The number of carbonyl (C=O) groups excluding carboxylic acids is 1. The quantitative estimate of drug-likeness (QED) is 0.710. The number of aliphatic carboxylic acids is 2. The molecule has 96 valence electrons. The number of nitrogens with one attached hydrogen (secondary N) is 1. The molecule has 18 heavy (non-hydrogen) atoms. The van der Waals surface area contributed by atoms with Gasteiger partial charge in [-0.15, -0.1) is 0 Å². The SMILES string of the molecule is O=C(O)CC(NC(=O)c1cccc(F)c1)C(=O)O. The number of rotatable bonds is 5. The molecular weight excluding hydrogens is 245 g/mol. The highest BCUT2D eigenvalue weighted by molar-refractivity contribution is 5.97. The van der Waals surface area contributed by atoms with Gasteiger partial charge in [0, 0.05) is 5.56 Å². The van der Waals surface area contributed by atoms with E-state index >= 15 is 0 Å². The molecule has 0 aromatic heterocycles. The number of carboxylic acids is 2. The van der Waals surface area contributed by atoms with E-state index in [1.54, 1.807) is 0 Å². The van der Waals surface area contributed by atoms with Crippen LogP contribution in [0.25, 0.3) is 0 Å². The van der Waals surface area contributed by atoms with Crippen LogP contribution in [0.1, 0.15) is 16.8 Å². The predicted octanol–water partition coefficient (Wildman–Crippen LogP) is 0.483. The van der Waals surface area contributed by atoms with Crippen molar-refractivity contribution in [3.8, 4) is 0 Å². The first-order valence-corrected chi connectivity index (χ1v) is 4.91. The highest BCUT2D eigenvalue weighted by atomic mass is 19.1. The number of hydrogen-bond acceptors (Lipinski definition) is 3. The molecule has 1 rings (SSSR count). The average Bonchev–Trinajstić information content (AvgIpc) is 2.27. The Morgan fingerprint density at radius 1 is 1.28 bits per heavy atom. The Hall–Kier alpha value is -2.44.